The van der Waals surface area contributed by atoms with Crippen LogP contribution in [-0.4, -0.2) is 9.97 Å². The standard InChI is InChI=1S/C53H32N2O/c1-2-14-33(15-3-1)48-32-49(55-52(54-48)35-27-29-43-42-21-9-13-25-50(42)56-51(43)31-35)34-26-28-41-37-17-5-4-16-36(37)38-18-6-10-22-44(38)53(47(41)30-34)45-23-11-7-19-39(45)40-20-8-12-24-46(40)53/h1-32H. The first kappa shape index (κ1) is 31.0. The van der Waals surface area contributed by atoms with Crippen molar-refractivity contribution in [1.29, 1.82) is 0 Å². The minimum Gasteiger partial charge on any atom is -0.456 e. The lowest BCUT2D eigenvalue weighted by Crippen LogP contribution is -2.29. The number of hydrogen-bond donors (Lipinski definition) is 0. The predicted molar refractivity (Wildman–Crippen MR) is 227 cm³/mol. The minimum atomic E-state index is -0.571. The van der Waals surface area contributed by atoms with Gasteiger partial charge >= 0.3 is 0 Å². The van der Waals surface area contributed by atoms with E-state index in [1.165, 1.54) is 55.6 Å². The second-order valence-corrected chi connectivity index (χ2v) is 14.8. The highest BCUT2D eigenvalue weighted by molar-refractivity contribution is 6.06. The molecule has 12 rings (SSSR count). The zero-order valence-electron chi connectivity index (χ0n) is 30.3. The monoisotopic (exact) mass is 712 g/mol. The van der Waals surface area contributed by atoms with Crippen LogP contribution >= 0.6 is 0 Å². The molecular formula is C53H32N2O. The van der Waals surface area contributed by atoms with Crippen molar-refractivity contribution in [2.75, 3.05) is 0 Å². The van der Waals surface area contributed by atoms with Crippen LogP contribution in [0.1, 0.15) is 22.3 Å². The van der Waals surface area contributed by atoms with Crippen LogP contribution in [0.2, 0.25) is 0 Å². The summed E-state index contributed by atoms with van der Waals surface area (Å²) in [5.74, 6) is 0.653. The summed E-state index contributed by atoms with van der Waals surface area (Å²) in [6.45, 7) is 0. The fraction of sp³-hybridized carbons (Fsp3) is 0.0189. The summed E-state index contributed by atoms with van der Waals surface area (Å²) in [4.78, 5) is 10.6. The SMILES string of the molecule is c1ccc(-c2cc(-c3ccc4c(c3)C3(c5ccccc5-c5ccccc5-4)c4ccccc4-c4ccccc43)nc(-c3ccc4c(c3)oc3ccccc34)n2)cc1. The highest BCUT2D eigenvalue weighted by Gasteiger charge is 2.49. The Labute approximate surface area is 324 Å². The van der Waals surface area contributed by atoms with Gasteiger partial charge in [0, 0.05) is 27.5 Å². The van der Waals surface area contributed by atoms with E-state index in [1.807, 2.05) is 18.2 Å². The van der Waals surface area contributed by atoms with Crippen LogP contribution in [0.15, 0.2) is 199 Å². The lowest BCUT2D eigenvalue weighted by atomic mass is 9.65. The first-order valence-electron chi connectivity index (χ1n) is 19.2. The number of rotatable bonds is 3. The van der Waals surface area contributed by atoms with Gasteiger partial charge in [-0.2, -0.15) is 0 Å². The van der Waals surface area contributed by atoms with E-state index in [-0.39, 0.29) is 0 Å². The average molecular weight is 713 g/mol. The Balaban J connectivity index is 1.15. The molecule has 0 fully saturated rings. The zero-order chi connectivity index (χ0) is 36.8. The van der Waals surface area contributed by atoms with Crippen LogP contribution in [0.3, 0.4) is 0 Å². The molecule has 0 bridgehead atoms. The maximum atomic E-state index is 6.33. The molecule has 0 saturated carbocycles. The molecule has 0 atom stereocenters. The van der Waals surface area contributed by atoms with Gasteiger partial charge in [-0.15, -0.1) is 0 Å². The van der Waals surface area contributed by atoms with Crippen molar-refractivity contribution >= 4 is 21.9 Å². The topological polar surface area (TPSA) is 38.9 Å². The molecule has 3 nitrogen and oxygen atoms in total. The third-order valence-electron chi connectivity index (χ3n) is 11.9. The average Bonchev–Trinajstić information content (AvgIpc) is 3.76. The van der Waals surface area contributed by atoms with E-state index in [2.05, 4.69) is 176 Å². The van der Waals surface area contributed by atoms with Crippen LogP contribution in [0.5, 0.6) is 0 Å². The number of furan rings is 1. The van der Waals surface area contributed by atoms with Gasteiger partial charge in [0.15, 0.2) is 5.82 Å². The fourth-order valence-corrected chi connectivity index (χ4v) is 9.55. The molecule has 2 aromatic heterocycles. The Hall–Kier alpha value is -7.36. The Morgan fingerprint density at radius 3 is 1.50 bits per heavy atom. The number of para-hydroxylation sites is 1. The van der Waals surface area contributed by atoms with E-state index in [9.17, 15) is 0 Å². The maximum absolute atomic E-state index is 6.33. The van der Waals surface area contributed by atoms with Gasteiger partial charge in [-0.05, 0) is 86.0 Å². The van der Waals surface area contributed by atoms with Crippen LogP contribution in [0.25, 0.3) is 89.2 Å². The van der Waals surface area contributed by atoms with Crippen molar-refractivity contribution < 1.29 is 4.42 Å². The Morgan fingerprint density at radius 2 is 0.821 bits per heavy atom. The molecule has 3 heteroatoms. The van der Waals surface area contributed by atoms with Crippen molar-refractivity contribution in [3.8, 4) is 67.3 Å². The van der Waals surface area contributed by atoms with Crippen molar-refractivity contribution in [2.45, 2.75) is 5.41 Å². The zero-order valence-corrected chi connectivity index (χ0v) is 30.3. The maximum Gasteiger partial charge on any atom is 0.160 e. The lowest BCUT2D eigenvalue weighted by Gasteiger charge is -2.35. The number of nitrogens with zero attached hydrogens (tertiary/aromatic N) is 2. The Bertz CT molecular complexity index is 3170. The molecule has 0 unspecified atom stereocenters. The van der Waals surface area contributed by atoms with E-state index in [1.54, 1.807) is 0 Å². The first-order chi connectivity index (χ1) is 27.8. The molecule has 260 valence electrons. The lowest BCUT2D eigenvalue weighted by molar-refractivity contribution is 0.669. The van der Waals surface area contributed by atoms with Gasteiger partial charge in [0.25, 0.3) is 0 Å². The molecule has 0 radical (unpaired) electrons. The summed E-state index contributed by atoms with van der Waals surface area (Å²) >= 11 is 0. The summed E-state index contributed by atoms with van der Waals surface area (Å²) < 4.78 is 6.33. The second kappa shape index (κ2) is 11.8. The summed E-state index contributed by atoms with van der Waals surface area (Å²) in [6.07, 6.45) is 0. The molecule has 0 amide bonds. The third kappa shape index (κ3) is 4.34. The van der Waals surface area contributed by atoms with Crippen molar-refractivity contribution in [3.05, 3.63) is 216 Å². The van der Waals surface area contributed by atoms with Crippen LogP contribution in [-0.2, 0) is 5.41 Å². The molecule has 8 aromatic carbocycles. The van der Waals surface area contributed by atoms with E-state index in [0.717, 1.165) is 50.0 Å². The van der Waals surface area contributed by atoms with Gasteiger partial charge in [-0.25, -0.2) is 9.97 Å². The van der Waals surface area contributed by atoms with E-state index in [4.69, 9.17) is 14.4 Å². The van der Waals surface area contributed by atoms with Gasteiger partial charge in [0.1, 0.15) is 11.2 Å². The van der Waals surface area contributed by atoms with Crippen molar-refractivity contribution in [1.82, 2.24) is 9.97 Å². The van der Waals surface area contributed by atoms with Crippen LogP contribution in [0.4, 0.5) is 0 Å². The molecule has 10 aromatic rings. The molecule has 0 N–H and O–H groups in total. The largest absolute Gasteiger partial charge is 0.456 e. The van der Waals surface area contributed by atoms with Crippen LogP contribution in [0, 0.1) is 0 Å². The first-order valence-corrected chi connectivity index (χ1v) is 19.2. The van der Waals surface area contributed by atoms with Crippen molar-refractivity contribution in [3.63, 3.8) is 0 Å². The number of hydrogen-bond acceptors (Lipinski definition) is 3. The fourth-order valence-electron chi connectivity index (χ4n) is 9.55. The van der Waals surface area contributed by atoms with E-state index >= 15 is 0 Å². The summed E-state index contributed by atoms with van der Waals surface area (Å²) in [7, 11) is 0. The third-order valence-corrected chi connectivity index (χ3v) is 11.9. The Morgan fingerprint density at radius 1 is 0.321 bits per heavy atom. The number of benzene rings is 8. The van der Waals surface area contributed by atoms with E-state index in [0.29, 0.717) is 5.82 Å². The summed E-state index contributed by atoms with van der Waals surface area (Å²) in [5, 5.41) is 2.18. The molecular weight excluding hydrogens is 681 g/mol. The normalized spacial score (nSPS) is 13.1. The number of fused-ring (bicyclic) bond motifs is 15. The van der Waals surface area contributed by atoms with Crippen LogP contribution < -0.4 is 0 Å². The quantitative estimate of drug-likeness (QED) is 0.183. The summed E-state index contributed by atoms with van der Waals surface area (Å²) in [5.41, 5.74) is 18.5. The minimum absolute atomic E-state index is 0.571. The molecule has 56 heavy (non-hydrogen) atoms. The van der Waals surface area contributed by atoms with Crippen molar-refractivity contribution in [2.24, 2.45) is 0 Å². The second-order valence-electron chi connectivity index (χ2n) is 14.8. The smallest absolute Gasteiger partial charge is 0.160 e. The molecule has 0 aliphatic heterocycles. The Kier molecular flexibility index (Phi) is 6.55. The molecule has 2 aliphatic carbocycles. The van der Waals surface area contributed by atoms with Gasteiger partial charge in [0.05, 0.1) is 16.8 Å². The highest BCUT2D eigenvalue weighted by Crippen LogP contribution is 2.61. The highest BCUT2D eigenvalue weighted by atomic mass is 16.3. The molecule has 0 saturated heterocycles. The van der Waals surface area contributed by atoms with Gasteiger partial charge in [0.2, 0.25) is 0 Å². The molecule has 2 heterocycles. The van der Waals surface area contributed by atoms with E-state index < -0.39 is 5.41 Å². The molecule has 1 spiro atoms. The molecule has 2 aliphatic rings. The van der Waals surface area contributed by atoms with Gasteiger partial charge < -0.3 is 4.42 Å². The van der Waals surface area contributed by atoms with Gasteiger partial charge in [-0.3, -0.25) is 0 Å². The predicted octanol–water partition coefficient (Wildman–Crippen LogP) is 13.4. The van der Waals surface area contributed by atoms with Gasteiger partial charge in [-0.1, -0.05) is 164 Å². The number of aromatic nitrogens is 2. The summed E-state index contributed by atoms with van der Waals surface area (Å²) in [6, 6.07) is 69.9.